The summed E-state index contributed by atoms with van der Waals surface area (Å²) < 4.78 is 0. The quantitative estimate of drug-likeness (QED) is 0.675. The molecule has 0 heterocycles. The molecule has 3 aromatic carbocycles. The molecule has 0 saturated heterocycles. The van der Waals surface area contributed by atoms with Crippen LogP contribution in [0, 0.1) is 0 Å². The third-order valence-corrected chi connectivity index (χ3v) is 5.17. The molecule has 1 nitrogen and oxygen atoms in total. The highest BCUT2D eigenvalue weighted by atomic mass is 32.2. The first-order valence-corrected chi connectivity index (χ1v) is 7.98. The molecule has 0 saturated carbocycles. The molecule has 2 heteroatoms. The SMILES string of the molecule is C[O-].c1ccc([S+](c2ccccc2)c2ccccc2)cc1. The van der Waals surface area contributed by atoms with Gasteiger partial charge in [0.05, 0.1) is 10.9 Å². The van der Waals surface area contributed by atoms with Crippen molar-refractivity contribution in [2.45, 2.75) is 14.7 Å². The second-order valence-electron chi connectivity index (χ2n) is 4.25. The van der Waals surface area contributed by atoms with Gasteiger partial charge in [-0.3, -0.25) is 0 Å². The lowest BCUT2D eigenvalue weighted by Gasteiger charge is -2.07. The van der Waals surface area contributed by atoms with Crippen molar-refractivity contribution in [2.24, 2.45) is 0 Å². The highest BCUT2D eigenvalue weighted by molar-refractivity contribution is 7.97. The van der Waals surface area contributed by atoms with Crippen molar-refractivity contribution in [1.29, 1.82) is 0 Å². The van der Waals surface area contributed by atoms with Crippen molar-refractivity contribution in [3.63, 3.8) is 0 Å². The first kappa shape index (κ1) is 15.4. The predicted octanol–water partition coefficient (Wildman–Crippen LogP) is 3.76. The van der Waals surface area contributed by atoms with E-state index in [1.165, 1.54) is 14.7 Å². The Hall–Kier alpha value is -2.03. The van der Waals surface area contributed by atoms with E-state index in [1.54, 1.807) is 0 Å². The fourth-order valence-corrected chi connectivity index (χ4v) is 4.18. The fraction of sp³-hybridized carbons (Fsp3) is 0.0526. The summed E-state index contributed by atoms with van der Waals surface area (Å²) in [5.74, 6) is 0. The van der Waals surface area contributed by atoms with Gasteiger partial charge in [-0.2, -0.15) is 7.11 Å². The maximum absolute atomic E-state index is 8.25. The lowest BCUT2D eigenvalue weighted by Crippen LogP contribution is -2.04. The summed E-state index contributed by atoms with van der Waals surface area (Å²) in [7, 11) is 0.735. The number of rotatable bonds is 3. The average molecular weight is 294 g/mol. The zero-order valence-electron chi connectivity index (χ0n) is 12.0. The van der Waals surface area contributed by atoms with Gasteiger partial charge in [0.25, 0.3) is 0 Å². The molecule has 0 aliphatic carbocycles. The maximum atomic E-state index is 8.25. The van der Waals surface area contributed by atoms with Crippen molar-refractivity contribution >= 4 is 10.9 Å². The van der Waals surface area contributed by atoms with E-state index in [9.17, 15) is 0 Å². The minimum absolute atomic E-state index is 0.0146. The molecule has 0 radical (unpaired) electrons. The lowest BCUT2D eigenvalue weighted by atomic mass is 10.4. The normalized spacial score (nSPS) is 9.86. The molecule has 0 N–H and O–H groups in total. The first-order chi connectivity index (χ1) is 10.4. The Bertz CT molecular complexity index is 530. The smallest absolute Gasteiger partial charge is 0.166 e. The monoisotopic (exact) mass is 294 g/mol. The van der Waals surface area contributed by atoms with Gasteiger partial charge >= 0.3 is 0 Å². The molecule has 3 aromatic rings. The van der Waals surface area contributed by atoms with Gasteiger partial charge in [0.2, 0.25) is 0 Å². The van der Waals surface area contributed by atoms with Crippen molar-refractivity contribution in [1.82, 2.24) is 0 Å². The Labute approximate surface area is 129 Å². The zero-order chi connectivity index (χ0) is 14.9. The summed E-state index contributed by atoms with van der Waals surface area (Å²) in [6.07, 6.45) is 0. The zero-order valence-corrected chi connectivity index (χ0v) is 12.8. The lowest BCUT2D eigenvalue weighted by molar-refractivity contribution is -0.325. The van der Waals surface area contributed by atoms with Crippen LogP contribution in [0.25, 0.3) is 0 Å². The molecule has 0 aliphatic heterocycles. The van der Waals surface area contributed by atoms with Crippen LogP contribution in [0.15, 0.2) is 106 Å². The summed E-state index contributed by atoms with van der Waals surface area (Å²) in [5, 5.41) is 8.25. The number of hydrogen-bond acceptors (Lipinski definition) is 1. The molecule has 0 unspecified atom stereocenters. The summed E-state index contributed by atoms with van der Waals surface area (Å²) >= 11 is 0. The highest BCUT2D eigenvalue weighted by Crippen LogP contribution is 2.30. The third-order valence-electron chi connectivity index (χ3n) is 2.94. The van der Waals surface area contributed by atoms with E-state index in [-0.39, 0.29) is 10.9 Å². The molecule has 0 amide bonds. The summed E-state index contributed by atoms with van der Waals surface area (Å²) in [6.45, 7) is 0. The molecule has 0 bridgehead atoms. The van der Waals surface area contributed by atoms with Gasteiger partial charge in [0.1, 0.15) is 0 Å². The van der Waals surface area contributed by atoms with Gasteiger partial charge in [-0.25, -0.2) is 0 Å². The molecule has 0 fully saturated rings. The minimum Gasteiger partial charge on any atom is -0.857 e. The fourth-order valence-electron chi connectivity index (χ4n) is 2.08. The van der Waals surface area contributed by atoms with Crippen LogP contribution in [0.2, 0.25) is 0 Å². The van der Waals surface area contributed by atoms with Crippen molar-refractivity contribution in [3.05, 3.63) is 91.0 Å². The average Bonchev–Trinajstić information content (AvgIpc) is 2.60. The third kappa shape index (κ3) is 3.97. The molecular weight excluding hydrogens is 276 g/mol. The maximum Gasteiger partial charge on any atom is 0.166 e. The van der Waals surface area contributed by atoms with Crippen LogP contribution in [0.3, 0.4) is 0 Å². The van der Waals surface area contributed by atoms with Crippen LogP contribution in [0.4, 0.5) is 0 Å². The topological polar surface area (TPSA) is 23.1 Å². The molecule has 0 aromatic heterocycles. The molecule has 3 rings (SSSR count). The van der Waals surface area contributed by atoms with Gasteiger partial charge in [0.15, 0.2) is 14.7 Å². The Morgan fingerprint density at radius 1 is 0.476 bits per heavy atom. The second kappa shape index (κ2) is 8.30. The van der Waals surface area contributed by atoms with Crippen LogP contribution < -0.4 is 5.11 Å². The molecule has 0 atom stereocenters. The van der Waals surface area contributed by atoms with E-state index in [0.717, 1.165) is 7.11 Å². The van der Waals surface area contributed by atoms with Crippen LogP contribution >= 0.6 is 0 Å². The van der Waals surface area contributed by atoms with Gasteiger partial charge in [-0.1, -0.05) is 54.6 Å². The van der Waals surface area contributed by atoms with Crippen molar-refractivity contribution < 1.29 is 5.11 Å². The first-order valence-electron chi connectivity index (χ1n) is 6.75. The van der Waals surface area contributed by atoms with E-state index in [4.69, 9.17) is 5.11 Å². The van der Waals surface area contributed by atoms with Crippen LogP contribution in [0.5, 0.6) is 0 Å². The van der Waals surface area contributed by atoms with Gasteiger partial charge < -0.3 is 5.11 Å². The summed E-state index contributed by atoms with van der Waals surface area (Å²) in [5.41, 5.74) is 0. The molecular formula is C19H18OS. The molecule has 106 valence electrons. The van der Waals surface area contributed by atoms with E-state index in [2.05, 4.69) is 91.0 Å². The Morgan fingerprint density at radius 2 is 0.714 bits per heavy atom. The highest BCUT2D eigenvalue weighted by Gasteiger charge is 2.27. The predicted molar refractivity (Wildman–Crippen MR) is 87.4 cm³/mol. The summed E-state index contributed by atoms with van der Waals surface area (Å²) in [6, 6.07) is 32.2. The minimum atomic E-state index is -0.0146. The molecule has 0 spiro atoms. The van der Waals surface area contributed by atoms with Crippen molar-refractivity contribution in [2.75, 3.05) is 7.11 Å². The Balaban J connectivity index is 0.000000774. The largest absolute Gasteiger partial charge is 0.857 e. The number of hydrogen-bond donors (Lipinski definition) is 0. The second-order valence-corrected chi connectivity index (χ2v) is 6.27. The molecule has 21 heavy (non-hydrogen) atoms. The van der Waals surface area contributed by atoms with Gasteiger partial charge in [-0.15, -0.1) is 0 Å². The van der Waals surface area contributed by atoms with E-state index >= 15 is 0 Å². The molecule has 0 aliphatic rings. The number of benzene rings is 3. The Morgan fingerprint density at radius 3 is 0.952 bits per heavy atom. The van der Waals surface area contributed by atoms with Crippen LogP contribution in [-0.2, 0) is 10.9 Å². The van der Waals surface area contributed by atoms with Crippen LogP contribution in [0.1, 0.15) is 0 Å². The Kier molecular flexibility index (Phi) is 6.07. The standard InChI is InChI=1S/C18H15S.CH3O/c1-4-10-16(11-5-1)19(17-12-6-2-7-13-17)18-14-8-3-9-15-18;1-2/h1-15H;1H3/q+1;-1. The van der Waals surface area contributed by atoms with Gasteiger partial charge in [-0.05, 0) is 36.4 Å². The summed E-state index contributed by atoms with van der Waals surface area (Å²) in [4.78, 5) is 4.08. The van der Waals surface area contributed by atoms with E-state index in [1.807, 2.05) is 0 Å². The van der Waals surface area contributed by atoms with E-state index in [0.29, 0.717) is 0 Å². The van der Waals surface area contributed by atoms with Crippen molar-refractivity contribution in [3.8, 4) is 0 Å². The van der Waals surface area contributed by atoms with Gasteiger partial charge in [0, 0.05) is 0 Å². The van der Waals surface area contributed by atoms with Crippen LogP contribution in [-0.4, -0.2) is 7.11 Å². The van der Waals surface area contributed by atoms with E-state index < -0.39 is 0 Å².